The molecule has 0 nitrogen and oxygen atoms in total. The third-order valence-electron chi connectivity index (χ3n) is 2.00. The molecule has 66 valence electrons. The van der Waals surface area contributed by atoms with Crippen molar-refractivity contribution in [3.05, 3.63) is 0 Å². The Labute approximate surface area is 76.4 Å². The Morgan fingerprint density at radius 1 is 1.18 bits per heavy atom. The fraction of sp³-hybridized carbons (Fsp3) is 0.900. The first-order valence-electron chi connectivity index (χ1n) is 4.76. The molecule has 0 aromatic rings. The molecule has 11 heavy (non-hydrogen) atoms. The van der Waals surface area contributed by atoms with Gasteiger partial charge in [-0.2, -0.15) is 0 Å². The molecule has 0 aliphatic carbocycles. The molecule has 0 saturated heterocycles. The lowest BCUT2D eigenvalue weighted by molar-refractivity contribution is 0.572. The summed E-state index contributed by atoms with van der Waals surface area (Å²) < 4.78 is 0. The number of unbranched alkanes of at least 4 members (excludes halogenated alkanes) is 4. The molecule has 0 rings (SSSR count). The predicted molar refractivity (Wildman–Crippen MR) is 56.2 cm³/mol. The molecule has 1 atom stereocenters. The summed E-state index contributed by atoms with van der Waals surface area (Å²) in [5.41, 5.74) is 0. The first kappa shape index (κ1) is 11.1. The SMILES string of the molecule is CCCCCCCC(C)C=S. The molecule has 0 amide bonds. The summed E-state index contributed by atoms with van der Waals surface area (Å²) in [5, 5.41) is 1.89. The van der Waals surface area contributed by atoms with E-state index in [1.54, 1.807) is 0 Å². The molecule has 1 heteroatoms. The quantitative estimate of drug-likeness (QED) is 0.413. The smallest absolute Gasteiger partial charge is 0.0157 e. The van der Waals surface area contributed by atoms with E-state index in [9.17, 15) is 0 Å². The molecule has 1 unspecified atom stereocenters. The monoisotopic (exact) mass is 172 g/mol. The molecule has 0 aliphatic heterocycles. The van der Waals surface area contributed by atoms with E-state index in [-0.39, 0.29) is 0 Å². The molecule has 0 aromatic heterocycles. The van der Waals surface area contributed by atoms with E-state index in [1.165, 1.54) is 38.5 Å². The van der Waals surface area contributed by atoms with Crippen LogP contribution in [0.15, 0.2) is 0 Å². The summed E-state index contributed by atoms with van der Waals surface area (Å²) in [5.74, 6) is 0.645. The highest BCUT2D eigenvalue weighted by atomic mass is 32.1. The van der Waals surface area contributed by atoms with E-state index < -0.39 is 0 Å². The first-order valence-corrected chi connectivity index (χ1v) is 5.23. The van der Waals surface area contributed by atoms with Crippen molar-refractivity contribution >= 4 is 17.6 Å². The van der Waals surface area contributed by atoms with Crippen LogP contribution < -0.4 is 0 Å². The van der Waals surface area contributed by atoms with Crippen LogP contribution in [0.2, 0.25) is 0 Å². The zero-order chi connectivity index (χ0) is 8.53. The molecule has 0 radical (unpaired) electrons. The Morgan fingerprint density at radius 2 is 1.82 bits per heavy atom. The first-order chi connectivity index (χ1) is 5.31. The molecule has 0 saturated carbocycles. The Morgan fingerprint density at radius 3 is 2.36 bits per heavy atom. The van der Waals surface area contributed by atoms with Crippen LogP contribution in [0.25, 0.3) is 0 Å². The van der Waals surface area contributed by atoms with Crippen LogP contribution >= 0.6 is 12.2 Å². The van der Waals surface area contributed by atoms with Crippen molar-refractivity contribution in [2.45, 2.75) is 52.4 Å². The number of hydrogen-bond acceptors (Lipinski definition) is 1. The lowest BCUT2D eigenvalue weighted by Gasteiger charge is -2.03. The van der Waals surface area contributed by atoms with Crippen molar-refractivity contribution in [2.75, 3.05) is 0 Å². The molecule has 0 bridgehead atoms. The van der Waals surface area contributed by atoms with Crippen LogP contribution in [0.3, 0.4) is 0 Å². The van der Waals surface area contributed by atoms with Gasteiger partial charge in [-0.05, 0) is 17.7 Å². The van der Waals surface area contributed by atoms with Crippen molar-refractivity contribution < 1.29 is 0 Å². The molecule has 0 aliphatic rings. The summed E-state index contributed by atoms with van der Waals surface area (Å²) in [6.07, 6.45) is 8.16. The van der Waals surface area contributed by atoms with Gasteiger partial charge in [-0.25, -0.2) is 0 Å². The third-order valence-corrected chi connectivity index (χ3v) is 2.46. The normalized spacial score (nSPS) is 12.9. The summed E-state index contributed by atoms with van der Waals surface area (Å²) in [7, 11) is 0. The highest BCUT2D eigenvalue weighted by molar-refractivity contribution is 7.79. The zero-order valence-electron chi connectivity index (χ0n) is 7.81. The molecule has 0 N–H and O–H groups in total. The van der Waals surface area contributed by atoms with E-state index in [2.05, 4.69) is 13.8 Å². The lowest BCUT2D eigenvalue weighted by Crippen LogP contribution is -1.93. The van der Waals surface area contributed by atoms with E-state index in [1.807, 2.05) is 5.37 Å². The molecule has 0 spiro atoms. The fourth-order valence-corrected chi connectivity index (χ4v) is 1.27. The van der Waals surface area contributed by atoms with Crippen LogP contribution in [0.4, 0.5) is 0 Å². The predicted octanol–water partition coefficient (Wildman–Crippen LogP) is 3.98. The second-order valence-electron chi connectivity index (χ2n) is 3.32. The van der Waals surface area contributed by atoms with E-state index in [4.69, 9.17) is 12.2 Å². The Hall–Kier alpha value is 0.0900. The second kappa shape index (κ2) is 8.19. The molecule has 0 fully saturated rings. The average molecular weight is 172 g/mol. The van der Waals surface area contributed by atoms with Crippen molar-refractivity contribution in [2.24, 2.45) is 5.92 Å². The van der Waals surface area contributed by atoms with Gasteiger partial charge in [-0.15, -0.1) is 0 Å². The number of hydrogen-bond donors (Lipinski definition) is 0. The molecule has 0 aromatic carbocycles. The topological polar surface area (TPSA) is 0 Å². The van der Waals surface area contributed by atoms with Gasteiger partial charge in [0.25, 0.3) is 0 Å². The Kier molecular flexibility index (Phi) is 8.26. The minimum absolute atomic E-state index is 0.645. The van der Waals surface area contributed by atoms with Gasteiger partial charge in [0.2, 0.25) is 0 Å². The van der Waals surface area contributed by atoms with Crippen LogP contribution in [0.1, 0.15) is 52.4 Å². The maximum Gasteiger partial charge on any atom is -0.0157 e. The van der Waals surface area contributed by atoms with Gasteiger partial charge in [0.05, 0.1) is 0 Å². The van der Waals surface area contributed by atoms with Crippen LogP contribution in [-0.2, 0) is 0 Å². The van der Waals surface area contributed by atoms with Crippen molar-refractivity contribution in [3.63, 3.8) is 0 Å². The van der Waals surface area contributed by atoms with Crippen LogP contribution in [0.5, 0.6) is 0 Å². The minimum Gasteiger partial charge on any atom is -0.0932 e. The standard InChI is InChI=1S/C10H20S/c1-3-4-5-6-7-8-10(2)9-11/h9-10H,3-8H2,1-2H3. The highest BCUT2D eigenvalue weighted by Gasteiger charge is 1.95. The number of rotatable bonds is 7. The maximum absolute atomic E-state index is 4.85. The molecular weight excluding hydrogens is 152 g/mol. The summed E-state index contributed by atoms with van der Waals surface area (Å²) in [4.78, 5) is 0. The number of thiocarbonyl (C=S) groups is 1. The van der Waals surface area contributed by atoms with Gasteiger partial charge in [0.1, 0.15) is 0 Å². The van der Waals surface area contributed by atoms with E-state index in [0.29, 0.717) is 5.92 Å². The van der Waals surface area contributed by atoms with Gasteiger partial charge < -0.3 is 0 Å². The van der Waals surface area contributed by atoms with E-state index >= 15 is 0 Å². The lowest BCUT2D eigenvalue weighted by atomic mass is 10.0. The maximum atomic E-state index is 4.85. The van der Waals surface area contributed by atoms with Crippen LogP contribution in [0, 0.1) is 5.92 Å². The summed E-state index contributed by atoms with van der Waals surface area (Å²) >= 11 is 4.85. The minimum atomic E-state index is 0.645. The van der Waals surface area contributed by atoms with Crippen molar-refractivity contribution in [1.29, 1.82) is 0 Å². The van der Waals surface area contributed by atoms with Gasteiger partial charge >= 0.3 is 0 Å². The summed E-state index contributed by atoms with van der Waals surface area (Å²) in [6, 6.07) is 0. The zero-order valence-corrected chi connectivity index (χ0v) is 8.62. The highest BCUT2D eigenvalue weighted by Crippen LogP contribution is 2.09. The molecule has 0 heterocycles. The fourth-order valence-electron chi connectivity index (χ4n) is 1.14. The van der Waals surface area contributed by atoms with Crippen molar-refractivity contribution in [3.8, 4) is 0 Å². The van der Waals surface area contributed by atoms with Crippen LogP contribution in [-0.4, -0.2) is 5.37 Å². The summed E-state index contributed by atoms with van der Waals surface area (Å²) in [6.45, 7) is 4.45. The molecular formula is C10H20S. The van der Waals surface area contributed by atoms with Gasteiger partial charge in [-0.1, -0.05) is 58.2 Å². The van der Waals surface area contributed by atoms with Gasteiger partial charge in [0, 0.05) is 0 Å². The van der Waals surface area contributed by atoms with E-state index in [0.717, 1.165) is 0 Å². The van der Waals surface area contributed by atoms with Gasteiger partial charge in [-0.3, -0.25) is 0 Å². The second-order valence-corrected chi connectivity index (χ2v) is 3.59. The Bertz CT molecular complexity index is 88.9. The van der Waals surface area contributed by atoms with Crippen molar-refractivity contribution in [1.82, 2.24) is 0 Å². The Balaban J connectivity index is 2.95. The van der Waals surface area contributed by atoms with Gasteiger partial charge in [0.15, 0.2) is 0 Å². The average Bonchev–Trinajstić information content (AvgIpc) is 2.04. The largest absolute Gasteiger partial charge is 0.0932 e. The third kappa shape index (κ3) is 7.99.